The number of hydrogen-bond donors (Lipinski definition) is 2. The van der Waals surface area contributed by atoms with Gasteiger partial charge in [0.05, 0.1) is 29.6 Å². The summed E-state index contributed by atoms with van der Waals surface area (Å²) in [5, 5.41) is 22.7. The molecule has 4 aromatic rings. The summed E-state index contributed by atoms with van der Waals surface area (Å²) in [6.07, 6.45) is 4.24. The number of rotatable bonds is 9. The quantitative estimate of drug-likeness (QED) is 0.214. The number of anilines is 3. The third kappa shape index (κ3) is 6.74. The molecular formula is C36H43F4N9O4. The summed E-state index contributed by atoms with van der Waals surface area (Å²) in [6.45, 7) is 6.13. The molecule has 2 N–H and O–H groups in total. The minimum absolute atomic E-state index is 0.0352. The van der Waals surface area contributed by atoms with Gasteiger partial charge in [-0.2, -0.15) is 27.8 Å². The Morgan fingerprint density at radius 1 is 1.17 bits per heavy atom. The molecule has 1 saturated carbocycles. The Bertz CT molecular complexity index is 2140. The summed E-state index contributed by atoms with van der Waals surface area (Å²) in [4.78, 5) is 36.9. The second kappa shape index (κ2) is 14.1. The van der Waals surface area contributed by atoms with Crippen LogP contribution < -0.4 is 20.7 Å². The summed E-state index contributed by atoms with van der Waals surface area (Å²) in [6, 6.07) is 1.37. The molecule has 284 valence electrons. The minimum Gasteiger partial charge on any atom is -0.492 e. The largest absolute Gasteiger partial charge is 0.492 e. The first-order valence-corrected chi connectivity index (χ1v) is 18.0. The number of benzene rings is 1. The van der Waals surface area contributed by atoms with E-state index in [0.29, 0.717) is 73.9 Å². The number of allylic oxidation sites excluding steroid dienone is 1. The molecule has 0 radical (unpaired) electrons. The molecule has 1 amide bonds. The molecule has 1 unspecified atom stereocenters. The van der Waals surface area contributed by atoms with Crippen LogP contribution in [-0.2, 0) is 28.7 Å². The molecule has 3 aliphatic rings. The van der Waals surface area contributed by atoms with Gasteiger partial charge in [0.15, 0.2) is 5.82 Å². The van der Waals surface area contributed by atoms with E-state index in [4.69, 9.17) is 9.72 Å². The van der Waals surface area contributed by atoms with Crippen molar-refractivity contribution < 1.29 is 32.2 Å². The van der Waals surface area contributed by atoms with E-state index < -0.39 is 29.0 Å². The van der Waals surface area contributed by atoms with Crippen LogP contribution >= 0.6 is 0 Å². The number of carbonyl (C=O) groups excluding carboxylic acids is 1. The van der Waals surface area contributed by atoms with Crippen molar-refractivity contribution >= 4 is 34.3 Å². The Morgan fingerprint density at radius 2 is 1.94 bits per heavy atom. The van der Waals surface area contributed by atoms with Crippen LogP contribution in [0.5, 0.6) is 5.88 Å². The number of carbonyl (C=O) groups is 1. The number of fused-ring (bicyclic) bond motifs is 1. The minimum atomic E-state index is -4.89. The van der Waals surface area contributed by atoms with Crippen LogP contribution in [-0.4, -0.2) is 78.8 Å². The van der Waals surface area contributed by atoms with Gasteiger partial charge in [0.2, 0.25) is 17.6 Å². The van der Waals surface area contributed by atoms with E-state index in [9.17, 15) is 32.3 Å². The van der Waals surface area contributed by atoms with Crippen LogP contribution in [0.3, 0.4) is 0 Å². The highest BCUT2D eigenvalue weighted by Gasteiger charge is 2.36. The summed E-state index contributed by atoms with van der Waals surface area (Å²) in [5.74, 6) is -1.55. The number of alkyl halides is 3. The molecule has 3 aromatic heterocycles. The number of piperazine rings is 1. The summed E-state index contributed by atoms with van der Waals surface area (Å²) >= 11 is 0. The predicted molar refractivity (Wildman–Crippen MR) is 190 cm³/mol. The zero-order valence-corrected chi connectivity index (χ0v) is 30.1. The Kier molecular flexibility index (Phi) is 9.72. The van der Waals surface area contributed by atoms with Crippen LogP contribution in [0.25, 0.3) is 11.4 Å². The fourth-order valence-electron chi connectivity index (χ4n) is 7.63. The van der Waals surface area contributed by atoms with Gasteiger partial charge in [-0.25, -0.2) is 9.07 Å². The highest BCUT2D eigenvalue weighted by Crippen LogP contribution is 2.39. The fourth-order valence-corrected chi connectivity index (χ4v) is 7.63. The van der Waals surface area contributed by atoms with Gasteiger partial charge in [0.1, 0.15) is 23.7 Å². The monoisotopic (exact) mass is 741 g/mol. The molecule has 0 spiro atoms. The van der Waals surface area contributed by atoms with Gasteiger partial charge in [-0.3, -0.25) is 9.59 Å². The number of aryl methyl sites for hydroxylation is 1. The summed E-state index contributed by atoms with van der Waals surface area (Å²) in [5.41, 5.74) is 0.452. The number of nitrogens with one attached hydrogen (secondary N) is 1. The smallest absolute Gasteiger partial charge is 0.419 e. The number of aromatic nitrogens is 6. The number of ether oxygens (including phenoxy) is 1. The Hall–Kier alpha value is -4.93. The van der Waals surface area contributed by atoms with E-state index in [1.54, 1.807) is 22.6 Å². The fraction of sp³-hybridized carbons (Fsp3) is 0.528. The topological polar surface area (TPSA) is 135 Å². The van der Waals surface area contributed by atoms with Gasteiger partial charge >= 0.3 is 6.18 Å². The summed E-state index contributed by atoms with van der Waals surface area (Å²) < 4.78 is 64.5. The SMILES string of the molecule is CCc1c(N2CCN(c3cnn(C4CCC4)c3O)[C@H](C)C2)c(=O)n2nc(C3=CCC(OC)CC3)nc2n1CC(=O)Nc1cc(F)c(C(F)(F)F)cc1C. The Labute approximate surface area is 302 Å². The molecule has 2 fully saturated rings. The predicted octanol–water partition coefficient (Wildman–Crippen LogP) is 5.48. The second-order valence-electron chi connectivity index (χ2n) is 14.1. The van der Waals surface area contributed by atoms with Gasteiger partial charge in [0.25, 0.3) is 5.56 Å². The normalized spacial score (nSPS) is 19.8. The van der Waals surface area contributed by atoms with E-state index in [1.807, 2.05) is 24.8 Å². The van der Waals surface area contributed by atoms with Crippen LogP contribution in [0.4, 0.5) is 34.6 Å². The lowest BCUT2D eigenvalue weighted by Gasteiger charge is -2.42. The van der Waals surface area contributed by atoms with Crippen LogP contribution in [0.2, 0.25) is 0 Å². The molecular weight excluding hydrogens is 698 g/mol. The molecule has 4 heterocycles. The van der Waals surface area contributed by atoms with Gasteiger partial charge in [-0.05, 0) is 82.1 Å². The molecule has 7 rings (SSSR count). The number of hydrogen-bond acceptors (Lipinski definition) is 9. The first-order chi connectivity index (χ1) is 25.3. The van der Waals surface area contributed by atoms with E-state index in [2.05, 4.69) is 20.4 Å². The van der Waals surface area contributed by atoms with Crippen molar-refractivity contribution in [3.05, 3.63) is 63.2 Å². The molecule has 53 heavy (non-hydrogen) atoms. The molecule has 13 nitrogen and oxygen atoms in total. The van der Waals surface area contributed by atoms with Gasteiger partial charge in [-0.15, -0.1) is 5.10 Å². The van der Waals surface area contributed by atoms with Crippen molar-refractivity contribution in [2.45, 2.75) is 96.6 Å². The molecule has 2 atom stereocenters. The zero-order valence-electron chi connectivity index (χ0n) is 30.1. The van der Waals surface area contributed by atoms with E-state index in [1.165, 1.54) is 11.4 Å². The average molecular weight is 742 g/mol. The number of methoxy groups -OCH3 is 1. The average Bonchev–Trinajstić information content (AvgIpc) is 3.71. The van der Waals surface area contributed by atoms with E-state index in [-0.39, 0.29) is 47.6 Å². The van der Waals surface area contributed by atoms with Crippen molar-refractivity contribution in [3.8, 4) is 5.88 Å². The maximum atomic E-state index is 14.5. The van der Waals surface area contributed by atoms with Crippen LogP contribution in [0, 0.1) is 12.7 Å². The van der Waals surface area contributed by atoms with Gasteiger partial charge < -0.3 is 29.5 Å². The molecule has 1 saturated heterocycles. The van der Waals surface area contributed by atoms with E-state index >= 15 is 0 Å². The lowest BCUT2D eigenvalue weighted by atomic mass is 9.93. The van der Waals surface area contributed by atoms with Crippen molar-refractivity contribution in [1.82, 2.24) is 28.9 Å². The molecule has 2 aliphatic carbocycles. The maximum absolute atomic E-state index is 14.5. The Balaban J connectivity index is 1.25. The molecule has 1 aliphatic heterocycles. The first kappa shape index (κ1) is 36.4. The van der Waals surface area contributed by atoms with Crippen molar-refractivity contribution in [3.63, 3.8) is 0 Å². The summed E-state index contributed by atoms with van der Waals surface area (Å²) in [7, 11) is 1.66. The highest BCUT2D eigenvalue weighted by molar-refractivity contribution is 5.92. The van der Waals surface area contributed by atoms with Gasteiger partial charge in [0, 0.05) is 38.5 Å². The third-order valence-electron chi connectivity index (χ3n) is 10.8. The van der Waals surface area contributed by atoms with Crippen LogP contribution in [0.1, 0.15) is 81.1 Å². The maximum Gasteiger partial charge on any atom is 0.419 e. The molecule has 1 aromatic carbocycles. The van der Waals surface area contributed by atoms with E-state index in [0.717, 1.165) is 31.3 Å². The van der Waals surface area contributed by atoms with Gasteiger partial charge in [-0.1, -0.05) is 13.0 Å². The second-order valence-corrected chi connectivity index (χ2v) is 14.1. The number of amides is 1. The zero-order chi connectivity index (χ0) is 37.8. The lowest BCUT2D eigenvalue weighted by Crippen LogP contribution is -2.54. The first-order valence-electron chi connectivity index (χ1n) is 18.0. The van der Waals surface area contributed by atoms with Crippen molar-refractivity contribution in [1.29, 1.82) is 0 Å². The molecule has 17 heteroatoms. The number of aromatic hydroxyl groups is 1. The van der Waals surface area contributed by atoms with Crippen molar-refractivity contribution in [2.75, 3.05) is 41.9 Å². The number of nitrogens with zero attached hydrogens (tertiary/aromatic N) is 8. The standard InChI is InChI=1S/C36H43F4N9O4/c1-5-28-31(45-13-14-46(21(3)18-45)29-17-41-48(33(29)51)23-7-6-8-23)34(52)49-35(43-32(44-49)22-9-11-24(53-4)12-10-22)47(28)19-30(50)42-27-16-26(37)25(15-20(27)2)36(38,39)40/h9,15-17,21,23-24,51H,5-8,10-14,18-19H2,1-4H3,(H,42,50)/t21-,24?/m1/s1. The third-order valence-corrected chi connectivity index (χ3v) is 10.8. The highest BCUT2D eigenvalue weighted by atomic mass is 19.4. The van der Waals surface area contributed by atoms with Crippen molar-refractivity contribution in [2.24, 2.45) is 0 Å². The Morgan fingerprint density at radius 3 is 2.57 bits per heavy atom. The molecule has 0 bridgehead atoms. The number of halogens is 4. The lowest BCUT2D eigenvalue weighted by molar-refractivity contribution is -0.140. The van der Waals surface area contributed by atoms with Crippen LogP contribution in [0.15, 0.2) is 29.2 Å².